The molecule has 0 aromatic heterocycles. The van der Waals surface area contributed by atoms with E-state index in [4.69, 9.17) is 4.74 Å². The van der Waals surface area contributed by atoms with Crippen LogP contribution in [0.1, 0.15) is 39.2 Å². The van der Waals surface area contributed by atoms with E-state index in [0.29, 0.717) is 12.5 Å². The maximum Gasteiger partial charge on any atom is 0.433 e. The summed E-state index contributed by atoms with van der Waals surface area (Å²) >= 11 is 0. The summed E-state index contributed by atoms with van der Waals surface area (Å²) < 4.78 is 5.42. The number of hydrogen-bond acceptors (Lipinski definition) is 3. The van der Waals surface area contributed by atoms with Gasteiger partial charge in [0, 0.05) is 5.41 Å². The smallest absolute Gasteiger partial charge is 0.433 e. The van der Waals surface area contributed by atoms with E-state index in [0.717, 1.165) is 37.2 Å². The van der Waals surface area contributed by atoms with E-state index in [9.17, 15) is 4.79 Å². The number of nitrogens with zero attached hydrogens (tertiary/aromatic N) is 2. The molecule has 1 saturated heterocycles. The summed E-state index contributed by atoms with van der Waals surface area (Å²) in [6, 6.07) is 9.84. The lowest BCUT2D eigenvalue weighted by Gasteiger charge is -2.28. The number of benzene rings is 1. The highest BCUT2D eigenvalue weighted by molar-refractivity contribution is 6.08. The number of ether oxygens (including phenoxy) is 1. The number of amides is 1. The van der Waals surface area contributed by atoms with Crippen molar-refractivity contribution in [2.75, 3.05) is 26.7 Å². The summed E-state index contributed by atoms with van der Waals surface area (Å²) in [6.45, 7) is 8.79. The van der Waals surface area contributed by atoms with Crippen molar-refractivity contribution in [2.45, 2.75) is 33.6 Å². The van der Waals surface area contributed by atoms with Gasteiger partial charge in [0.05, 0.1) is 12.3 Å². The molecule has 1 fully saturated rings. The van der Waals surface area contributed by atoms with Crippen LogP contribution in [-0.4, -0.2) is 43.4 Å². The minimum Gasteiger partial charge on any atom is -0.448 e. The van der Waals surface area contributed by atoms with E-state index in [1.165, 1.54) is 0 Å². The van der Waals surface area contributed by atoms with Crippen molar-refractivity contribution in [1.82, 2.24) is 4.90 Å². The van der Waals surface area contributed by atoms with Crippen molar-refractivity contribution >= 4 is 11.8 Å². The average Bonchev–Trinajstić information content (AvgIpc) is 2.52. The molecule has 1 aliphatic heterocycles. The van der Waals surface area contributed by atoms with Gasteiger partial charge in [-0.25, -0.2) is 4.79 Å². The van der Waals surface area contributed by atoms with E-state index in [2.05, 4.69) is 37.7 Å². The molecule has 1 heterocycles. The first-order valence-electron chi connectivity index (χ1n) is 8.36. The third-order valence-corrected chi connectivity index (χ3v) is 4.24. The molecular formula is C19H28N2O2. The summed E-state index contributed by atoms with van der Waals surface area (Å²) in [5.74, 6) is 0.458. The molecule has 4 nitrogen and oxygen atoms in total. The van der Waals surface area contributed by atoms with Gasteiger partial charge in [0.15, 0.2) is 0 Å². The monoisotopic (exact) mass is 316 g/mol. The van der Waals surface area contributed by atoms with Crippen LogP contribution in [0.3, 0.4) is 0 Å². The predicted molar refractivity (Wildman–Crippen MR) is 94.0 cm³/mol. The van der Waals surface area contributed by atoms with Crippen LogP contribution in [0.25, 0.3) is 0 Å². The second-order valence-corrected chi connectivity index (χ2v) is 7.40. The van der Waals surface area contributed by atoms with Crippen LogP contribution in [0.4, 0.5) is 4.79 Å². The molecule has 0 spiro atoms. The fourth-order valence-corrected chi connectivity index (χ4v) is 2.80. The highest BCUT2D eigenvalue weighted by Crippen LogP contribution is 2.22. The van der Waals surface area contributed by atoms with Gasteiger partial charge in [0.25, 0.3) is 0 Å². The number of hydrogen-bond donors (Lipinski definition) is 0. The first-order valence-corrected chi connectivity index (χ1v) is 8.36. The molecule has 0 unspecified atom stereocenters. The van der Waals surface area contributed by atoms with Gasteiger partial charge in [-0.1, -0.05) is 51.1 Å². The van der Waals surface area contributed by atoms with Crippen molar-refractivity contribution in [1.29, 1.82) is 0 Å². The van der Waals surface area contributed by atoms with Gasteiger partial charge in [-0.2, -0.15) is 4.99 Å². The number of carbonyl (C=O) groups is 1. The van der Waals surface area contributed by atoms with Gasteiger partial charge < -0.3 is 9.64 Å². The number of rotatable bonds is 3. The minimum absolute atomic E-state index is 0.214. The number of piperidine rings is 1. The molecule has 0 bridgehead atoms. The minimum atomic E-state index is -0.474. The van der Waals surface area contributed by atoms with E-state index < -0.39 is 6.09 Å². The lowest BCUT2D eigenvalue weighted by Crippen LogP contribution is -2.32. The molecule has 1 aromatic carbocycles. The van der Waals surface area contributed by atoms with Crippen LogP contribution in [-0.2, 0) is 4.74 Å². The molecule has 0 radical (unpaired) electrons. The lowest BCUT2D eigenvalue weighted by atomic mass is 9.85. The van der Waals surface area contributed by atoms with Crippen LogP contribution in [0, 0.1) is 11.3 Å². The van der Waals surface area contributed by atoms with Crippen molar-refractivity contribution in [3.05, 3.63) is 35.9 Å². The fraction of sp³-hybridized carbons (Fsp3) is 0.579. The van der Waals surface area contributed by atoms with Crippen molar-refractivity contribution in [2.24, 2.45) is 16.3 Å². The number of likely N-dealkylation sites (tertiary alicyclic amines) is 1. The topological polar surface area (TPSA) is 41.9 Å². The maximum atomic E-state index is 12.2. The summed E-state index contributed by atoms with van der Waals surface area (Å²) in [4.78, 5) is 18.7. The Kier molecular flexibility index (Phi) is 5.94. The summed E-state index contributed by atoms with van der Waals surface area (Å²) in [5, 5.41) is 0. The third-order valence-electron chi connectivity index (χ3n) is 4.24. The average molecular weight is 316 g/mol. The molecule has 0 aliphatic carbocycles. The molecule has 1 amide bonds. The molecule has 0 atom stereocenters. The molecule has 1 aromatic rings. The zero-order chi connectivity index (χ0) is 16.9. The maximum absolute atomic E-state index is 12.2. The first kappa shape index (κ1) is 17.7. The van der Waals surface area contributed by atoms with Gasteiger partial charge in [-0.15, -0.1) is 0 Å². The van der Waals surface area contributed by atoms with Crippen LogP contribution < -0.4 is 0 Å². The first-order chi connectivity index (χ1) is 10.9. The van der Waals surface area contributed by atoms with Gasteiger partial charge in [0.1, 0.15) is 0 Å². The Hall–Kier alpha value is -1.68. The highest BCUT2D eigenvalue weighted by Gasteiger charge is 2.23. The normalized spacial score (nSPS) is 18.0. The largest absolute Gasteiger partial charge is 0.448 e. The predicted octanol–water partition coefficient (Wildman–Crippen LogP) is 4.00. The zero-order valence-corrected chi connectivity index (χ0v) is 14.7. The Morgan fingerprint density at radius 1 is 1.22 bits per heavy atom. The van der Waals surface area contributed by atoms with E-state index >= 15 is 0 Å². The van der Waals surface area contributed by atoms with E-state index in [-0.39, 0.29) is 5.41 Å². The highest BCUT2D eigenvalue weighted by atomic mass is 16.5. The SMILES string of the molecule is CN1CCC(COC(=O)/N=C(\c2ccccc2)C(C)(C)C)CC1. The molecule has 2 rings (SSSR count). The van der Waals surface area contributed by atoms with Crippen LogP contribution in [0.5, 0.6) is 0 Å². The second-order valence-electron chi connectivity index (χ2n) is 7.40. The van der Waals surface area contributed by atoms with Gasteiger partial charge >= 0.3 is 6.09 Å². The van der Waals surface area contributed by atoms with Crippen molar-refractivity contribution in [3.8, 4) is 0 Å². The zero-order valence-electron chi connectivity index (χ0n) is 14.7. The van der Waals surface area contributed by atoms with E-state index in [1.807, 2.05) is 30.3 Å². The van der Waals surface area contributed by atoms with E-state index in [1.54, 1.807) is 0 Å². The molecule has 1 aliphatic rings. The van der Waals surface area contributed by atoms with Gasteiger partial charge in [-0.3, -0.25) is 0 Å². The number of carbonyl (C=O) groups excluding carboxylic acids is 1. The molecular weight excluding hydrogens is 288 g/mol. The standard InChI is InChI=1S/C19H28N2O2/c1-19(2,3)17(16-8-6-5-7-9-16)20-18(22)23-14-15-10-12-21(4)13-11-15/h5-9,15H,10-14H2,1-4H3/b20-17+. The Balaban J connectivity index is 2.00. The van der Waals surface area contributed by atoms with Crippen LogP contribution in [0.15, 0.2) is 35.3 Å². The van der Waals surface area contributed by atoms with Gasteiger partial charge in [0.2, 0.25) is 0 Å². The fourth-order valence-electron chi connectivity index (χ4n) is 2.80. The number of aliphatic imine (C=N–C) groups is 1. The Morgan fingerprint density at radius 2 is 1.83 bits per heavy atom. The Bertz CT molecular complexity index is 538. The molecule has 0 saturated carbocycles. The lowest BCUT2D eigenvalue weighted by molar-refractivity contribution is 0.110. The Morgan fingerprint density at radius 3 is 2.39 bits per heavy atom. The molecule has 4 heteroatoms. The Labute approximate surface area is 139 Å². The van der Waals surface area contributed by atoms with Crippen molar-refractivity contribution < 1.29 is 9.53 Å². The second kappa shape index (κ2) is 7.73. The molecule has 0 N–H and O–H groups in total. The molecule has 126 valence electrons. The van der Waals surface area contributed by atoms with Crippen molar-refractivity contribution in [3.63, 3.8) is 0 Å². The molecule has 23 heavy (non-hydrogen) atoms. The summed E-state index contributed by atoms with van der Waals surface area (Å²) in [5.41, 5.74) is 1.52. The quantitative estimate of drug-likeness (QED) is 0.792. The summed E-state index contributed by atoms with van der Waals surface area (Å²) in [7, 11) is 2.13. The third kappa shape index (κ3) is 5.47. The summed E-state index contributed by atoms with van der Waals surface area (Å²) in [6.07, 6.45) is 1.69. The van der Waals surface area contributed by atoms with Crippen LogP contribution in [0.2, 0.25) is 0 Å². The van der Waals surface area contributed by atoms with Crippen LogP contribution >= 0.6 is 0 Å². The van der Waals surface area contributed by atoms with Gasteiger partial charge in [-0.05, 0) is 44.5 Å².